The van der Waals surface area contributed by atoms with Crippen LogP contribution in [0, 0.1) is 5.92 Å². The Morgan fingerprint density at radius 2 is 2.37 bits per heavy atom. The average Bonchev–Trinajstić information content (AvgIpc) is 2.46. The van der Waals surface area contributed by atoms with E-state index in [9.17, 15) is 4.79 Å². The zero-order valence-corrected chi connectivity index (χ0v) is 11.1. The molecule has 102 valence electrons. The van der Waals surface area contributed by atoms with Gasteiger partial charge < -0.3 is 15.5 Å². The number of carbonyl (C=O) groups is 1. The highest BCUT2D eigenvalue weighted by atomic mass is 16.1. The topological polar surface area (TPSA) is 70.2 Å². The number of nitrogens with zero attached hydrogens (tertiary/aromatic N) is 3. The lowest BCUT2D eigenvalue weighted by atomic mass is 9.85. The van der Waals surface area contributed by atoms with Crippen LogP contribution in [0.4, 0.5) is 11.8 Å². The minimum atomic E-state index is 0.203. The van der Waals surface area contributed by atoms with Gasteiger partial charge in [0.05, 0.1) is 0 Å². The molecule has 0 aromatic carbocycles. The van der Waals surface area contributed by atoms with Crippen LogP contribution in [0.2, 0.25) is 0 Å². The van der Waals surface area contributed by atoms with Crippen molar-refractivity contribution >= 4 is 17.7 Å². The second kappa shape index (κ2) is 5.03. The minimum absolute atomic E-state index is 0.203. The van der Waals surface area contributed by atoms with Crippen LogP contribution in [0.3, 0.4) is 0 Å². The highest BCUT2D eigenvalue weighted by molar-refractivity contribution is 5.77. The van der Waals surface area contributed by atoms with Crippen molar-refractivity contribution in [3.05, 3.63) is 12.3 Å². The van der Waals surface area contributed by atoms with Crippen LogP contribution in [-0.2, 0) is 4.79 Å². The van der Waals surface area contributed by atoms with Crippen molar-refractivity contribution in [2.45, 2.75) is 25.3 Å². The molecule has 0 spiro atoms. The van der Waals surface area contributed by atoms with Crippen molar-refractivity contribution in [2.24, 2.45) is 5.92 Å². The smallest absolute Gasteiger partial charge is 0.224 e. The molecule has 0 aliphatic carbocycles. The Bertz CT molecular complexity index is 478. The number of amides is 1. The molecule has 1 aromatic rings. The van der Waals surface area contributed by atoms with E-state index in [0.717, 1.165) is 31.7 Å². The Hall–Kier alpha value is -1.85. The fourth-order valence-corrected chi connectivity index (χ4v) is 2.96. The number of rotatable bonds is 2. The maximum atomic E-state index is 11.4. The van der Waals surface area contributed by atoms with Crippen molar-refractivity contribution in [2.75, 3.05) is 30.4 Å². The standard InChI is InChI=1S/C13H19N5O/c1-14-13-15-6-4-11(17-13)18-7-5-10-9(8-18)2-3-12(19)16-10/h4,6,9-10H,2-3,5,7-8H2,1H3,(H,16,19)(H,14,15,17). The first-order chi connectivity index (χ1) is 9.26. The fraction of sp³-hybridized carbons (Fsp3) is 0.615. The van der Waals surface area contributed by atoms with E-state index in [2.05, 4.69) is 25.5 Å². The molecule has 2 fully saturated rings. The maximum absolute atomic E-state index is 11.4. The monoisotopic (exact) mass is 261 g/mol. The normalized spacial score (nSPS) is 26.6. The third-order valence-corrected chi connectivity index (χ3v) is 4.01. The van der Waals surface area contributed by atoms with E-state index in [0.29, 0.717) is 24.3 Å². The number of fused-ring (bicyclic) bond motifs is 1. The fourth-order valence-electron chi connectivity index (χ4n) is 2.96. The first-order valence-corrected chi connectivity index (χ1v) is 6.81. The van der Waals surface area contributed by atoms with E-state index < -0.39 is 0 Å². The van der Waals surface area contributed by atoms with Crippen LogP contribution in [0.5, 0.6) is 0 Å². The van der Waals surface area contributed by atoms with Gasteiger partial charge in [0.2, 0.25) is 11.9 Å². The van der Waals surface area contributed by atoms with Crippen LogP contribution in [0.25, 0.3) is 0 Å². The molecule has 19 heavy (non-hydrogen) atoms. The number of aromatic nitrogens is 2. The lowest BCUT2D eigenvalue weighted by Gasteiger charge is -2.41. The van der Waals surface area contributed by atoms with Gasteiger partial charge in [0.25, 0.3) is 0 Å². The van der Waals surface area contributed by atoms with Gasteiger partial charge in [0.15, 0.2) is 0 Å². The molecule has 0 saturated carbocycles. The highest BCUT2D eigenvalue weighted by Gasteiger charge is 2.34. The molecule has 2 atom stereocenters. The van der Waals surface area contributed by atoms with Crippen LogP contribution in [-0.4, -0.2) is 42.1 Å². The Morgan fingerprint density at radius 1 is 1.47 bits per heavy atom. The summed E-state index contributed by atoms with van der Waals surface area (Å²) in [7, 11) is 1.82. The lowest BCUT2D eigenvalue weighted by molar-refractivity contribution is -0.124. The van der Waals surface area contributed by atoms with Gasteiger partial charge in [-0.15, -0.1) is 0 Å². The van der Waals surface area contributed by atoms with Crippen LogP contribution < -0.4 is 15.5 Å². The van der Waals surface area contributed by atoms with E-state index in [4.69, 9.17) is 0 Å². The van der Waals surface area contributed by atoms with Crippen molar-refractivity contribution in [3.8, 4) is 0 Å². The van der Waals surface area contributed by atoms with Gasteiger partial charge in [0.1, 0.15) is 5.82 Å². The second-order valence-corrected chi connectivity index (χ2v) is 5.20. The summed E-state index contributed by atoms with van der Waals surface area (Å²) in [6.45, 7) is 1.90. The number of hydrogen-bond donors (Lipinski definition) is 2. The van der Waals surface area contributed by atoms with E-state index in [1.54, 1.807) is 6.20 Å². The maximum Gasteiger partial charge on any atom is 0.224 e. The van der Waals surface area contributed by atoms with Gasteiger partial charge in [-0.1, -0.05) is 0 Å². The van der Waals surface area contributed by atoms with Crippen LogP contribution in [0.1, 0.15) is 19.3 Å². The summed E-state index contributed by atoms with van der Waals surface area (Å²) < 4.78 is 0. The molecular formula is C13H19N5O. The molecule has 3 heterocycles. The van der Waals surface area contributed by atoms with E-state index in [1.807, 2.05) is 13.1 Å². The first-order valence-electron chi connectivity index (χ1n) is 6.81. The molecule has 3 rings (SSSR count). The third kappa shape index (κ3) is 2.47. The predicted octanol–water partition coefficient (Wildman–Crippen LogP) is 0.623. The molecule has 1 aromatic heterocycles. The minimum Gasteiger partial charge on any atom is -0.357 e. The van der Waals surface area contributed by atoms with Gasteiger partial charge in [0, 0.05) is 38.8 Å². The molecule has 0 bridgehead atoms. The number of nitrogens with one attached hydrogen (secondary N) is 2. The number of anilines is 2. The molecule has 1 amide bonds. The molecule has 6 nitrogen and oxygen atoms in total. The summed E-state index contributed by atoms with van der Waals surface area (Å²) in [6.07, 6.45) is 4.41. The van der Waals surface area contributed by atoms with Crippen molar-refractivity contribution in [1.29, 1.82) is 0 Å². The van der Waals surface area contributed by atoms with E-state index >= 15 is 0 Å². The molecule has 6 heteroatoms. The molecule has 2 aliphatic rings. The molecule has 0 radical (unpaired) electrons. The van der Waals surface area contributed by atoms with Crippen molar-refractivity contribution in [1.82, 2.24) is 15.3 Å². The van der Waals surface area contributed by atoms with Crippen molar-refractivity contribution in [3.63, 3.8) is 0 Å². The van der Waals surface area contributed by atoms with Crippen molar-refractivity contribution < 1.29 is 4.79 Å². The summed E-state index contributed by atoms with van der Waals surface area (Å²) in [6, 6.07) is 2.30. The molecule has 2 saturated heterocycles. The van der Waals surface area contributed by atoms with Gasteiger partial charge >= 0.3 is 0 Å². The summed E-state index contributed by atoms with van der Waals surface area (Å²) in [5, 5.41) is 6.06. The Labute approximate surface area is 112 Å². The first kappa shape index (κ1) is 12.2. The third-order valence-electron chi connectivity index (χ3n) is 4.01. The lowest BCUT2D eigenvalue weighted by Crippen LogP contribution is -2.54. The Morgan fingerprint density at radius 3 is 3.21 bits per heavy atom. The highest BCUT2D eigenvalue weighted by Crippen LogP contribution is 2.27. The summed E-state index contributed by atoms with van der Waals surface area (Å²) in [5.74, 6) is 2.36. The van der Waals surface area contributed by atoms with E-state index in [-0.39, 0.29) is 5.91 Å². The number of carbonyl (C=O) groups excluding carboxylic acids is 1. The summed E-state index contributed by atoms with van der Waals surface area (Å²) in [4.78, 5) is 22.3. The van der Waals surface area contributed by atoms with Gasteiger partial charge in [-0.05, 0) is 24.8 Å². The van der Waals surface area contributed by atoms with Gasteiger partial charge in [-0.25, -0.2) is 4.98 Å². The molecule has 2 N–H and O–H groups in total. The average molecular weight is 261 g/mol. The van der Waals surface area contributed by atoms with Gasteiger partial charge in [-0.2, -0.15) is 4.98 Å². The summed E-state index contributed by atoms with van der Waals surface area (Å²) in [5.41, 5.74) is 0. The van der Waals surface area contributed by atoms with Crippen LogP contribution in [0.15, 0.2) is 12.3 Å². The molecule has 2 unspecified atom stereocenters. The number of piperidine rings is 2. The molecular weight excluding hydrogens is 242 g/mol. The zero-order valence-electron chi connectivity index (χ0n) is 11.1. The van der Waals surface area contributed by atoms with Gasteiger partial charge in [-0.3, -0.25) is 4.79 Å². The second-order valence-electron chi connectivity index (χ2n) is 5.20. The predicted molar refractivity (Wildman–Crippen MR) is 73.1 cm³/mol. The SMILES string of the molecule is CNc1nccc(N2CCC3NC(=O)CCC3C2)n1. The quantitative estimate of drug-likeness (QED) is 0.817. The molecule has 2 aliphatic heterocycles. The van der Waals surface area contributed by atoms with E-state index in [1.165, 1.54) is 0 Å². The number of hydrogen-bond acceptors (Lipinski definition) is 5. The zero-order chi connectivity index (χ0) is 13.2. The summed E-state index contributed by atoms with van der Waals surface area (Å²) >= 11 is 0. The Kier molecular flexibility index (Phi) is 3.23. The van der Waals surface area contributed by atoms with Crippen LogP contribution >= 0.6 is 0 Å². The Balaban J connectivity index is 1.72. The largest absolute Gasteiger partial charge is 0.357 e.